The molecular weight excluding hydrogens is 232 g/mol. The third-order valence-electron chi connectivity index (χ3n) is 4.57. The van der Waals surface area contributed by atoms with E-state index in [-0.39, 0.29) is 0 Å². The standard InChI is InChI=1S/C17H36N2/c1-6-11-17(5,13-18-15(2)3)14-19-12-9-7-8-10-16(19)4/h15-16,18H,6-14H2,1-5H3. The highest BCUT2D eigenvalue weighted by Gasteiger charge is 2.29. The van der Waals surface area contributed by atoms with E-state index in [0.717, 1.165) is 12.6 Å². The van der Waals surface area contributed by atoms with Crippen molar-refractivity contribution in [1.82, 2.24) is 10.2 Å². The monoisotopic (exact) mass is 268 g/mol. The summed E-state index contributed by atoms with van der Waals surface area (Å²) in [7, 11) is 0. The van der Waals surface area contributed by atoms with E-state index in [2.05, 4.69) is 44.8 Å². The first-order valence-electron chi connectivity index (χ1n) is 8.44. The van der Waals surface area contributed by atoms with Crippen molar-refractivity contribution in [3.05, 3.63) is 0 Å². The zero-order valence-corrected chi connectivity index (χ0v) is 14.0. The average Bonchev–Trinajstić information content (AvgIpc) is 2.53. The number of nitrogens with one attached hydrogen (secondary N) is 1. The SMILES string of the molecule is CCCC(C)(CNC(C)C)CN1CCCCCC1C. The molecule has 2 nitrogen and oxygen atoms in total. The normalized spacial score (nSPS) is 25.3. The molecule has 1 N–H and O–H groups in total. The zero-order chi connectivity index (χ0) is 14.3. The molecule has 0 aromatic rings. The number of hydrogen-bond donors (Lipinski definition) is 1. The molecule has 1 saturated heterocycles. The molecule has 1 aliphatic rings. The maximum absolute atomic E-state index is 3.66. The van der Waals surface area contributed by atoms with Gasteiger partial charge in [-0.05, 0) is 38.1 Å². The predicted molar refractivity (Wildman–Crippen MR) is 85.7 cm³/mol. The Morgan fingerprint density at radius 2 is 2.00 bits per heavy atom. The van der Waals surface area contributed by atoms with Crippen LogP contribution in [0.3, 0.4) is 0 Å². The van der Waals surface area contributed by atoms with E-state index in [1.54, 1.807) is 0 Å². The van der Waals surface area contributed by atoms with Gasteiger partial charge in [0.25, 0.3) is 0 Å². The summed E-state index contributed by atoms with van der Waals surface area (Å²) in [6.07, 6.45) is 8.25. The molecule has 2 heteroatoms. The minimum atomic E-state index is 0.428. The van der Waals surface area contributed by atoms with E-state index >= 15 is 0 Å². The summed E-state index contributed by atoms with van der Waals surface area (Å²) in [5.74, 6) is 0. The molecule has 1 aliphatic heterocycles. The van der Waals surface area contributed by atoms with Crippen LogP contribution in [0.4, 0.5) is 0 Å². The average molecular weight is 268 g/mol. The van der Waals surface area contributed by atoms with Crippen molar-refractivity contribution in [2.75, 3.05) is 19.6 Å². The first kappa shape index (κ1) is 17.0. The van der Waals surface area contributed by atoms with Crippen LogP contribution in [0.1, 0.15) is 73.1 Å². The lowest BCUT2D eigenvalue weighted by molar-refractivity contribution is 0.116. The van der Waals surface area contributed by atoms with Crippen LogP contribution >= 0.6 is 0 Å². The Bertz CT molecular complexity index is 239. The predicted octanol–water partition coefficient (Wildman–Crippen LogP) is 4.06. The largest absolute Gasteiger partial charge is 0.314 e. The maximum atomic E-state index is 3.66. The maximum Gasteiger partial charge on any atom is 0.00671 e. The van der Waals surface area contributed by atoms with Gasteiger partial charge in [-0.1, -0.05) is 47.0 Å². The van der Waals surface area contributed by atoms with Gasteiger partial charge in [0.1, 0.15) is 0 Å². The zero-order valence-electron chi connectivity index (χ0n) is 14.0. The van der Waals surface area contributed by atoms with E-state index in [1.807, 2.05) is 0 Å². The van der Waals surface area contributed by atoms with Crippen LogP contribution in [-0.2, 0) is 0 Å². The smallest absolute Gasteiger partial charge is 0.00671 e. The second-order valence-electron chi connectivity index (χ2n) is 7.27. The third kappa shape index (κ3) is 6.27. The molecule has 0 spiro atoms. The van der Waals surface area contributed by atoms with Crippen molar-refractivity contribution >= 4 is 0 Å². The third-order valence-corrected chi connectivity index (χ3v) is 4.57. The van der Waals surface area contributed by atoms with Gasteiger partial charge in [-0.3, -0.25) is 0 Å². The summed E-state index contributed by atoms with van der Waals surface area (Å²) in [6.45, 7) is 15.4. The fraction of sp³-hybridized carbons (Fsp3) is 1.00. The van der Waals surface area contributed by atoms with Crippen LogP contribution < -0.4 is 5.32 Å². The topological polar surface area (TPSA) is 15.3 Å². The van der Waals surface area contributed by atoms with E-state index in [4.69, 9.17) is 0 Å². The molecule has 2 atom stereocenters. The Labute approximate surface area is 121 Å². The second kappa shape index (κ2) is 8.26. The minimum absolute atomic E-state index is 0.428. The van der Waals surface area contributed by atoms with Crippen molar-refractivity contribution in [2.45, 2.75) is 85.2 Å². The lowest BCUT2D eigenvalue weighted by Gasteiger charge is -2.38. The fourth-order valence-corrected chi connectivity index (χ4v) is 3.34. The summed E-state index contributed by atoms with van der Waals surface area (Å²) in [4.78, 5) is 2.75. The van der Waals surface area contributed by atoms with Crippen molar-refractivity contribution in [3.8, 4) is 0 Å². The second-order valence-corrected chi connectivity index (χ2v) is 7.27. The van der Waals surface area contributed by atoms with Crippen LogP contribution in [0.25, 0.3) is 0 Å². The molecule has 1 rings (SSSR count). The fourth-order valence-electron chi connectivity index (χ4n) is 3.34. The van der Waals surface area contributed by atoms with Crippen LogP contribution in [0.5, 0.6) is 0 Å². The van der Waals surface area contributed by atoms with Gasteiger partial charge in [0.2, 0.25) is 0 Å². The van der Waals surface area contributed by atoms with E-state index in [9.17, 15) is 0 Å². The van der Waals surface area contributed by atoms with Gasteiger partial charge in [0.15, 0.2) is 0 Å². The van der Waals surface area contributed by atoms with Gasteiger partial charge >= 0.3 is 0 Å². The molecule has 0 bridgehead atoms. The van der Waals surface area contributed by atoms with E-state index in [1.165, 1.54) is 51.6 Å². The van der Waals surface area contributed by atoms with E-state index in [0.29, 0.717) is 11.5 Å². The molecule has 0 aromatic carbocycles. The molecular formula is C17H36N2. The molecule has 114 valence electrons. The molecule has 0 aromatic heterocycles. The van der Waals surface area contributed by atoms with Crippen LogP contribution in [0, 0.1) is 5.41 Å². The molecule has 0 radical (unpaired) electrons. The Balaban J connectivity index is 2.58. The van der Waals surface area contributed by atoms with Gasteiger partial charge < -0.3 is 10.2 Å². The quantitative estimate of drug-likeness (QED) is 0.749. The van der Waals surface area contributed by atoms with Gasteiger partial charge in [-0.25, -0.2) is 0 Å². The van der Waals surface area contributed by atoms with Gasteiger partial charge in [-0.2, -0.15) is 0 Å². The van der Waals surface area contributed by atoms with Gasteiger partial charge in [-0.15, -0.1) is 0 Å². The summed E-state index contributed by atoms with van der Waals surface area (Å²) < 4.78 is 0. The molecule has 0 aliphatic carbocycles. The van der Waals surface area contributed by atoms with Crippen LogP contribution in [0.2, 0.25) is 0 Å². The lowest BCUT2D eigenvalue weighted by atomic mass is 9.84. The summed E-state index contributed by atoms with van der Waals surface area (Å²) in [5, 5.41) is 3.66. The van der Waals surface area contributed by atoms with Crippen LogP contribution in [0.15, 0.2) is 0 Å². The van der Waals surface area contributed by atoms with E-state index < -0.39 is 0 Å². The summed E-state index contributed by atoms with van der Waals surface area (Å²) in [5.41, 5.74) is 0.428. The van der Waals surface area contributed by atoms with Crippen molar-refractivity contribution < 1.29 is 0 Å². The molecule has 0 amide bonds. The highest BCUT2D eigenvalue weighted by molar-refractivity contribution is 4.84. The Hall–Kier alpha value is -0.0800. The Morgan fingerprint density at radius 1 is 1.26 bits per heavy atom. The first-order chi connectivity index (χ1) is 8.97. The van der Waals surface area contributed by atoms with Gasteiger partial charge in [0.05, 0.1) is 0 Å². The van der Waals surface area contributed by atoms with Crippen molar-refractivity contribution in [3.63, 3.8) is 0 Å². The highest BCUT2D eigenvalue weighted by atomic mass is 15.2. The summed E-state index contributed by atoms with van der Waals surface area (Å²) >= 11 is 0. The van der Waals surface area contributed by atoms with Crippen molar-refractivity contribution in [2.24, 2.45) is 5.41 Å². The highest BCUT2D eigenvalue weighted by Crippen LogP contribution is 2.27. The minimum Gasteiger partial charge on any atom is -0.314 e. The number of rotatable bonds is 7. The Kier molecular flexibility index (Phi) is 7.38. The molecule has 2 unspecified atom stereocenters. The molecule has 0 saturated carbocycles. The summed E-state index contributed by atoms with van der Waals surface area (Å²) in [6, 6.07) is 1.37. The lowest BCUT2D eigenvalue weighted by Crippen LogP contribution is -2.46. The number of likely N-dealkylation sites (tertiary alicyclic amines) is 1. The van der Waals surface area contributed by atoms with Crippen molar-refractivity contribution in [1.29, 1.82) is 0 Å². The molecule has 19 heavy (non-hydrogen) atoms. The van der Waals surface area contributed by atoms with Gasteiger partial charge in [0, 0.05) is 25.2 Å². The molecule has 1 fully saturated rings. The molecule has 1 heterocycles. The van der Waals surface area contributed by atoms with Crippen LogP contribution in [-0.4, -0.2) is 36.6 Å². The Morgan fingerprint density at radius 3 is 2.63 bits per heavy atom. The first-order valence-corrected chi connectivity index (χ1v) is 8.44. The number of hydrogen-bond acceptors (Lipinski definition) is 2. The number of nitrogens with zero attached hydrogens (tertiary/aromatic N) is 1.